The lowest BCUT2D eigenvalue weighted by Gasteiger charge is -2.44. The fraction of sp³-hybridized carbons (Fsp3) is 0.182. The molecule has 0 aliphatic heterocycles. The first-order valence-corrected chi connectivity index (χ1v) is 18.0. The van der Waals surface area contributed by atoms with E-state index in [-0.39, 0.29) is 0 Å². The maximum atomic E-state index is 2.40. The summed E-state index contributed by atoms with van der Waals surface area (Å²) >= 11 is 0. The smallest absolute Gasteiger partial charge is 0.108 e. The Labute approximate surface area is 279 Å². The molecule has 0 aromatic heterocycles. The maximum Gasteiger partial charge on any atom is 0.108 e. The molecule has 0 atom stereocenters. The van der Waals surface area contributed by atoms with Crippen LogP contribution in [0.2, 0.25) is 0 Å². The third kappa shape index (κ3) is 7.27. The Hall–Kier alpha value is -4.19. The van der Waals surface area contributed by atoms with Crippen LogP contribution in [0.1, 0.15) is 41.5 Å². The lowest BCUT2D eigenvalue weighted by Crippen LogP contribution is -2.74. The molecule has 6 aromatic rings. The molecule has 0 saturated carbocycles. The second-order valence-electron chi connectivity index (χ2n) is 14.3. The van der Waals surface area contributed by atoms with Crippen molar-refractivity contribution in [2.24, 2.45) is 0 Å². The fourth-order valence-electron chi connectivity index (χ4n) is 7.63. The van der Waals surface area contributed by atoms with E-state index in [9.17, 15) is 0 Å². The Kier molecular flexibility index (Phi) is 10.5. The third-order valence-corrected chi connectivity index (χ3v) is 13.0. The van der Waals surface area contributed by atoms with Crippen molar-refractivity contribution in [3.8, 4) is 11.1 Å². The quantitative estimate of drug-likeness (QED) is 0.129. The zero-order chi connectivity index (χ0) is 32.6. The van der Waals surface area contributed by atoms with Gasteiger partial charge in [0.1, 0.15) is 11.5 Å². The molecule has 0 N–H and O–H groups in total. The summed E-state index contributed by atoms with van der Waals surface area (Å²) in [4.78, 5) is 0. The van der Waals surface area contributed by atoms with Gasteiger partial charge in [0.05, 0.1) is 10.3 Å². The molecule has 0 aliphatic rings. The minimum absolute atomic E-state index is 0.327. The molecule has 0 aliphatic carbocycles. The van der Waals surface area contributed by atoms with Gasteiger partial charge in [-0.3, -0.25) is 0 Å². The Morgan fingerprint density at radius 2 is 0.630 bits per heavy atom. The molecule has 6 aromatic carbocycles. The van der Waals surface area contributed by atoms with Gasteiger partial charge < -0.3 is 0 Å². The average molecular weight is 619 g/mol. The highest BCUT2D eigenvalue weighted by atomic mass is 31.1. The van der Waals surface area contributed by atoms with Crippen LogP contribution >= 0.6 is 7.92 Å². The maximum absolute atomic E-state index is 2.40. The summed E-state index contributed by atoms with van der Waals surface area (Å²) in [5, 5.41) is 2.22. The Balaban J connectivity index is 0.000000184. The molecule has 6 rings (SSSR count). The Morgan fingerprint density at radius 1 is 0.348 bits per heavy atom. The van der Waals surface area contributed by atoms with Crippen LogP contribution in [0, 0.1) is 0 Å². The monoisotopic (exact) mass is 618 g/mol. The van der Waals surface area contributed by atoms with Crippen LogP contribution in [0.15, 0.2) is 176 Å². The van der Waals surface area contributed by atoms with Gasteiger partial charge in [0.25, 0.3) is 0 Å². The highest BCUT2D eigenvalue weighted by Crippen LogP contribution is 2.59. The number of hydrogen-bond donors (Lipinski definition) is 0. The van der Waals surface area contributed by atoms with Crippen LogP contribution in [0.3, 0.4) is 0 Å². The highest BCUT2D eigenvalue weighted by Gasteiger charge is 2.44. The van der Waals surface area contributed by atoms with Crippen molar-refractivity contribution in [3.05, 3.63) is 176 Å². The molecule has 0 bridgehead atoms. The summed E-state index contributed by atoms with van der Waals surface area (Å²) in [5.41, 5.74) is 8.11. The van der Waals surface area contributed by atoms with Crippen LogP contribution in [-0.4, -0.2) is 16.5 Å². The van der Waals surface area contributed by atoms with Crippen LogP contribution < -0.4 is 27.2 Å². The van der Waals surface area contributed by atoms with E-state index in [4.69, 9.17) is 0 Å². The minimum Gasteiger partial charge on any atom is -0.195 e. The second-order valence-corrected chi connectivity index (χ2v) is 18.6. The zero-order valence-corrected chi connectivity index (χ0v) is 29.3. The van der Waals surface area contributed by atoms with Crippen molar-refractivity contribution < 1.29 is 0 Å². The molecule has 0 fully saturated rings. The number of hydrogen-bond acceptors (Lipinski definition) is 0. The zero-order valence-electron chi connectivity index (χ0n) is 28.3. The van der Waals surface area contributed by atoms with Gasteiger partial charge in [-0.15, -0.1) is 0 Å². The second kappa shape index (κ2) is 14.5. The van der Waals surface area contributed by atoms with Gasteiger partial charge in [0, 0.05) is 13.5 Å². The molecule has 0 radical (unpaired) electrons. The molecule has 0 nitrogen and oxygen atoms in total. The molecular formula is C44H48BP. The van der Waals surface area contributed by atoms with Gasteiger partial charge in [-0.25, -0.2) is 0 Å². The first-order valence-electron chi connectivity index (χ1n) is 16.5. The summed E-state index contributed by atoms with van der Waals surface area (Å²) in [7, 11) is -0.730. The topological polar surface area (TPSA) is 0 Å². The summed E-state index contributed by atoms with van der Waals surface area (Å²) in [6.45, 7) is 14.4. The van der Waals surface area contributed by atoms with Crippen molar-refractivity contribution >= 4 is 41.2 Å². The molecule has 0 heterocycles. The Morgan fingerprint density at radius 3 is 0.957 bits per heavy atom. The van der Waals surface area contributed by atoms with Crippen molar-refractivity contribution in [1.82, 2.24) is 0 Å². The van der Waals surface area contributed by atoms with E-state index in [0.29, 0.717) is 10.3 Å². The van der Waals surface area contributed by atoms with E-state index in [0.717, 1.165) is 0 Å². The number of benzene rings is 6. The predicted octanol–water partition coefficient (Wildman–Crippen LogP) is 8.85. The number of rotatable bonds is 6. The van der Waals surface area contributed by atoms with Gasteiger partial charge in [0.2, 0.25) is 0 Å². The van der Waals surface area contributed by atoms with Crippen molar-refractivity contribution in [2.75, 3.05) is 0 Å². The fourth-order valence-corrected chi connectivity index (χ4v) is 12.3. The molecule has 0 spiro atoms. The first-order chi connectivity index (χ1) is 22.1. The largest absolute Gasteiger partial charge is 0.195 e. The van der Waals surface area contributed by atoms with Crippen LogP contribution in [0.5, 0.6) is 0 Å². The van der Waals surface area contributed by atoms with Crippen molar-refractivity contribution in [1.29, 1.82) is 0 Å². The average Bonchev–Trinajstić information content (AvgIpc) is 3.07. The highest BCUT2D eigenvalue weighted by molar-refractivity contribution is 7.68. The third-order valence-electron chi connectivity index (χ3n) is 8.98. The van der Waals surface area contributed by atoms with E-state index in [1.54, 1.807) is 5.30 Å². The summed E-state index contributed by atoms with van der Waals surface area (Å²) in [6, 6.07) is 63.3. The molecule has 2 heteroatoms. The predicted molar refractivity (Wildman–Crippen MR) is 209 cm³/mol. The molecule has 0 amide bonds. The lowest BCUT2D eigenvalue weighted by atomic mass is 9.13. The van der Waals surface area contributed by atoms with E-state index >= 15 is 0 Å². The van der Waals surface area contributed by atoms with Crippen LogP contribution in [-0.2, 0) is 0 Å². The molecule has 232 valence electrons. The van der Waals surface area contributed by atoms with Gasteiger partial charge >= 0.3 is 0 Å². The molecular weight excluding hydrogens is 570 g/mol. The van der Waals surface area contributed by atoms with E-state index in [1.807, 2.05) is 0 Å². The van der Waals surface area contributed by atoms with Crippen LogP contribution in [0.4, 0.5) is 0 Å². The standard InChI is InChI=1S/C24H20B.C20H27P/c1-5-13-21(14-6-1)25(22-15-7-2-8-16-22,23-17-9-3-10-18-23)24-19-11-4-12-20-24;1-19(2,3)21(20(4,5)6)18-15-11-10-14-17(18)16-12-8-7-9-13-16/h1-20H;7-15H,1-6H3/q-1;/p+1. The lowest BCUT2D eigenvalue weighted by molar-refractivity contribution is 0.715. The first kappa shape index (κ1) is 33.2. The van der Waals surface area contributed by atoms with Gasteiger partial charge in [0.15, 0.2) is 0 Å². The molecule has 0 saturated heterocycles. The minimum atomic E-state index is -1.22. The van der Waals surface area contributed by atoms with E-state index < -0.39 is 14.1 Å². The summed E-state index contributed by atoms with van der Waals surface area (Å²) in [6.07, 6.45) is -1.22. The van der Waals surface area contributed by atoms with Crippen molar-refractivity contribution in [3.63, 3.8) is 0 Å². The molecule has 0 unspecified atom stereocenters. The van der Waals surface area contributed by atoms with Gasteiger partial charge in [-0.05, 0) is 53.2 Å². The molecule has 46 heavy (non-hydrogen) atoms. The van der Waals surface area contributed by atoms with Crippen molar-refractivity contribution in [2.45, 2.75) is 51.9 Å². The summed E-state index contributed by atoms with van der Waals surface area (Å²) in [5.74, 6) is 0. The normalized spacial score (nSPS) is 11.9. The van der Waals surface area contributed by atoms with Gasteiger partial charge in [-0.2, -0.15) is 21.9 Å². The summed E-state index contributed by atoms with van der Waals surface area (Å²) < 4.78 is 0. The van der Waals surface area contributed by atoms with E-state index in [2.05, 4.69) is 217 Å². The van der Waals surface area contributed by atoms with Gasteiger partial charge in [-0.1, -0.05) is 170 Å². The Bertz CT molecular complexity index is 1590. The SMILES string of the molecule is CC(C)(C)[PH+](c1ccccc1-c1ccccc1)C(C)(C)C.c1ccc([B-](c2ccccc2)(c2ccccc2)c2ccccc2)cc1. The van der Waals surface area contributed by atoms with E-state index in [1.165, 1.54) is 33.0 Å². The van der Waals surface area contributed by atoms with Crippen LogP contribution in [0.25, 0.3) is 11.1 Å².